The van der Waals surface area contributed by atoms with Gasteiger partial charge in [0.05, 0.1) is 13.2 Å². The highest BCUT2D eigenvalue weighted by atomic mass is 31.3. The van der Waals surface area contributed by atoms with Crippen molar-refractivity contribution in [3.8, 4) is 0 Å². The van der Waals surface area contributed by atoms with Crippen LogP contribution in [0.2, 0.25) is 0 Å². The number of allylic oxidation sites excluding steroid dienone is 11. The lowest BCUT2D eigenvalue weighted by Gasteiger charge is -2.42. The van der Waals surface area contributed by atoms with Crippen molar-refractivity contribution in [2.24, 2.45) is 0 Å². The molecule has 53 heavy (non-hydrogen) atoms. The number of hydrogen-bond donors (Lipinski definition) is 6. The van der Waals surface area contributed by atoms with Crippen LogP contribution in [0, 0.1) is 0 Å². The molecule has 0 aromatic carbocycles. The van der Waals surface area contributed by atoms with Crippen LogP contribution in [0.25, 0.3) is 0 Å². The second-order valence-corrected chi connectivity index (χ2v) is 17.1. The molecule has 304 valence electrons. The molecule has 1 rings (SSSR count). The molecule has 1 amide bonds. The fraction of sp³-hybridized carbons (Fsp3) is 0.658. The first-order valence-electron chi connectivity index (χ1n) is 18.3. The molecule has 0 radical (unpaired) electrons. The molecule has 0 saturated carbocycles. The minimum atomic E-state index is -5.40. The quantitative estimate of drug-likeness (QED) is 0.0410. The van der Waals surface area contributed by atoms with Crippen molar-refractivity contribution < 1.29 is 57.1 Å². The minimum Gasteiger partial charge on any atom is -0.394 e. The van der Waals surface area contributed by atoms with Gasteiger partial charge in [0.1, 0.15) is 24.4 Å². The Balaban J connectivity index is 2.46. The predicted octanol–water partition coefficient (Wildman–Crippen LogP) is 7.78. The van der Waals surface area contributed by atoms with Gasteiger partial charge in [-0.3, -0.25) is 13.8 Å². The van der Waals surface area contributed by atoms with Crippen molar-refractivity contribution in [1.29, 1.82) is 0 Å². The second kappa shape index (κ2) is 25.2. The first kappa shape index (κ1) is 49.0. The van der Waals surface area contributed by atoms with Gasteiger partial charge in [-0.1, -0.05) is 69.9 Å². The summed E-state index contributed by atoms with van der Waals surface area (Å²) < 4.78 is 44.1. The lowest BCUT2D eigenvalue weighted by atomic mass is 9.97. The Morgan fingerprint density at radius 1 is 0.660 bits per heavy atom. The highest BCUT2D eigenvalue weighted by molar-refractivity contribution is 7.61. The van der Waals surface area contributed by atoms with E-state index in [1.54, 1.807) is 6.08 Å². The number of nitrogens with one attached hydrogen (secondary N) is 1. The lowest BCUT2D eigenvalue weighted by Crippen LogP contribution is -2.64. The van der Waals surface area contributed by atoms with Crippen LogP contribution in [-0.2, 0) is 32.0 Å². The van der Waals surface area contributed by atoms with Crippen LogP contribution in [0.1, 0.15) is 120 Å². The van der Waals surface area contributed by atoms with E-state index in [9.17, 15) is 39.0 Å². The van der Waals surface area contributed by atoms with E-state index in [0.29, 0.717) is 6.42 Å². The van der Waals surface area contributed by atoms with Crippen molar-refractivity contribution in [1.82, 2.24) is 5.32 Å². The number of carbonyl (C=O) groups is 1. The molecular formula is C38H65NO12P2. The number of amides is 1. The Morgan fingerprint density at radius 2 is 1.08 bits per heavy atom. The predicted molar refractivity (Wildman–Crippen MR) is 208 cm³/mol. The summed E-state index contributed by atoms with van der Waals surface area (Å²) in [6, 6.07) is -1.57. The van der Waals surface area contributed by atoms with Gasteiger partial charge in [-0.25, -0.2) is 9.13 Å². The van der Waals surface area contributed by atoms with Crippen LogP contribution in [0.3, 0.4) is 0 Å². The van der Waals surface area contributed by atoms with Crippen LogP contribution in [0.5, 0.6) is 0 Å². The average Bonchev–Trinajstić information content (AvgIpc) is 3.03. The zero-order valence-corrected chi connectivity index (χ0v) is 34.6. The maximum Gasteiger partial charge on any atom is 0.483 e. The number of aliphatic hydroxyl groups excluding tert-OH is 3. The summed E-state index contributed by atoms with van der Waals surface area (Å²) >= 11 is 0. The number of rotatable bonds is 24. The van der Waals surface area contributed by atoms with Crippen LogP contribution in [0.15, 0.2) is 69.9 Å². The molecule has 1 fully saturated rings. The summed E-state index contributed by atoms with van der Waals surface area (Å²) in [6.45, 7) is 14.7. The van der Waals surface area contributed by atoms with Crippen molar-refractivity contribution in [3.63, 3.8) is 0 Å². The summed E-state index contributed by atoms with van der Waals surface area (Å²) in [4.78, 5) is 31.7. The number of phosphoric acid groups is 2. The van der Waals surface area contributed by atoms with E-state index in [0.717, 1.165) is 70.3 Å². The first-order chi connectivity index (χ1) is 24.7. The standard InChI is InChI=1S/C38H65NO12P2/c1-27(2)14-9-15-28(3)16-10-17-29(4)18-11-19-30(5)20-12-21-31(6)22-13-23-32(7)24-25-48-52(44,45)51-53(46,47)50-38-35(39-33(8)41)37(43)36(42)34(26-40)49-38/h14,16,18,20,22,24,34-38,40,42-43H,9-13,15,17,19,21,23,25-26H2,1-8H3,(H,39,41)(H,44,45)(H,46,47)/b28-16+,29-18+,30-20+,31-22-,32-24-/t34-,35-,36-,37-,38-/m1/s1. The molecule has 1 heterocycles. The van der Waals surface area contributed by atoms with Gasteiger partial charge < -0.3 is 35.2 Å². The van der Waals surface area contributed by atoms with Crippen molar-refractivity contribution in [2.75, 3.05) is 13.2 Å². The number of aliphatic hydroxyl groups is 3. The van der Waals surface area contributed by atoms with E-state index in [4.69, 9.17) is 13.8 Å². The van der Waals surface area contributed by atoms with Gasteiger partial charge in [-0.2, -0.15) is 4.31 Å². The lowest BCUT2D eigenvalue weighted by molar-refractivity contribution is -0.247. The third-order valence-electron chi connectivity index (χ3n) is 8.58. The molecule has 0 bridgehead atoms. The third kappa shape index (κ3) is 22.2. The highest BCUT2D eigenvalue weighted by Gasteiger charge is 2.49. The molecule has 2 unspecified atom stereocenters. The molecule has 6 N–H and O–H groups in total. The Kier molecular flexibility index (Phi) is 23.3. The Morgan fingerprint density at radius 3 is 1.47 bits per heavy atom. The zero-order valence-electron chi connectivity index (χ0n) is 32.8. The molecule has 1 aliphatic heterocycles. The molecule has 1 saturated heterocycles. The molecular weight excluding hydrogens is 724 g/mol. The second-order valence-electron chi connectivity index (χ2n) is 14.1. The number of ether oxygens (including phenoxy) is 1. The summed E-state index contributed by atoms with van der Waals surface area (Å²) in [7, 11) is -10.5. The van der Waals surface area contributed by atoms with E-state index >= 15 is 0 Å². The third-order valence-corrected chi connectivity index (χ3v) is 11.2. The largest absolute Gasteiger partial charge is 0.483 e. The van der Waals surface area contributed by atoms with Crippen molar-refractivity contribution in [2.45, 2.75) is 150 Å². The first-order valence-corrected chi connectivity index (χ1v) is 21.2. The zero-order chi connectivity index (χ0) is 40.2. The molecule has 0 spiro atoms. The van der Waals surface area contributed by atoms with Gasteiger partial charge in [0, 0.05) is 6.92 Å². The van der Waals surface area contributed by atoms with Gasteiger partial charge in [0.2, 0.25) is 5.91 Å². The van der Waals surface area contributed by atoms with Crippen LogP contribution >= 0.6 is 15.6 Å². The fourth-order valence-electron chi connectivity index (χ4n) is 5.42. The number of phosphoric ester groups is 2. The van der Waals surface area contributed by atoms with Gasteiger partial charge >= 0.3 is 15.6 Å². The summed E-state index contributed by atoms with van der Waals surface area (Å²) in [5.41, 5.74) is 7.78. The van der Waals surface area contributed by atoms with Gasteiger partial charge in [-0.15, -0.1) is 0 Å². The average molecular weight is 790 g/mol. The Labute approximate surface area is 316 Å². The number of hydrogen-bond acceptors (Lipinski definition) is 10. The van der Waals surface area contributed by atoms with E-state index in [1.807, 2.05) is 6.92 Å². The summed E-state index contributed by atoms with van der Waals surface area (Å²) in [6.07, 6.45) is 16.0. The van der Waals surface area contributed by atoms with E-state index in [1.165, 1.54) is 27.9 Å². The maximum atomic E-state index is 12.6. The van der Waals surface area contributed by atoms with Crippen LogP contribution in [0.4, 0.5) is 0 Å². The Bertz CT molecular complexity index is 1430. The molecule has 0 aromatic heterocycles. The summed E-state index contributed by atoms with van der Waals surface area (Å²) in [5, 5.41) is 32.0. The molecule has 0 aliphatic carbocycles. The van der Waals surface area contributed by atoms with Crippen molar-refractivity contribution in [3.05, 3.63) is 69.9 Å². The van der Waals surface area contributed by atoms with Gasteiger partial charge in [-0.05, 0) is 113 Å². The van der Waals surface area contributed by atoms with E-state index < -0.39 is 65.4 Å². The van der Waals surface area contributed by atoms with Gasteiger partial charge in [0.15, 0.2) is 6.29 Å². The normalized spacial score (nSPS) is 24.4. The monoisotopic (exact) mass is 789 g/mol. The van der Waals surface area contributed by atoms with Gasteiger partial charge in [0.25, 0.3) is 0 Å². The molecule has 13 nitrogen and oxygen atoms in total. The minimum absolute atomic E-state index is 0.402. The van der Waals surface area contributed by atoms with E-state index in [-0.39, 0.29) is 0 Å². The molecule has 1 aliphatic rings. The highest BCUT2D eigenvalue weighted by Crippen LogP contribution is 2.61. The SMILES string of the molecule is CC(=O)N[C@H]1[C@@H](OP(=O)(O)OP(=O)(O)OC/C=C(/C)CC/C=C(/C)CC/C=C(\C)CC/C=C(\C)CC/C=C(\C)CCC=C(C)C)O[C@H](CO)[C@@H](O)[C@@H]1O. The number of carbonyl (C=O) groups excluding carboxylic acids is 1. The van der Waals surface area contributed by atoms with Crippen molar-refractivity contribution >= 4 is 21.6 Å². The summed E-state index contributed by atoms with van der Waals surface area (Å²) in [5.74, 6) is -0.707. The fourth-order valence-corrected chi connectivity index (χ4v) is 7.51. The molecule has 7 atom stereocenters. The molecule has 15 heteroatoms. The van der Waals surface area contributed by atoms with Crippen LogP contribution in [-0.4, -0.2) is 74.9 Å². The smallest absolute Gasteiger partial charge is 0.394 e. The Hall–Kier alpha value is -1.99. The molecule has 0 aromatic rings. The van der Waals surface area contributed by atoms with E-state index in [2.05, 4.69) is 81.5 Å². The maximum absolute atomic E-state index is 12.6. The van der Waals surface area contributed by atoms with Crippen LogP contribution < -0.4 is 5.32 Å². The topological polar surface area (TPSA) is 201 Å².